The predicted molar refractivity (Wildman–Crippen MR) is 129 cm³/mol. The number of hydrogen-bond acceptors (Lipinski definition) is 5. The van der Waals surface area contributed by atoms with E-state index in [0.717, 1.165) is 11.1 Å². The number of halogens is 2. The van der Waals surface area contributed by atoms with E-state index in [4.69, 9.17) is 27.4 Å². The average Bonchev–Trinajstić information content (AvgIpc) is 2.76. The van der Waals surface area contributed by atoms with Gasteiger partial charge in [-0.1, -0.05) is 53.0 Å². The molecule has 0 atom stereocenters. The Morgan fingerprint density at radius 3 is 2.36 bits per heavy atom. The molecule has 0 spiro atoms. The predicted octanol–water partition coefficient (Wildman–Crippen LogP) is 5.92. The number of anilines is 1. The summed E-state index contributed by atoms with van der Waals surface area (Å²) >= 11 is 12.2. The minimum absolute atomic E-state index is 0.00261. The van der Waals surface area contributed by atoms with Crippen molar-refractivity contribution < 1.29 is 17.4 Å². The number of nitrogens with one attached hydrogen (secondary N) is 1. The first-order valence-electron chi connectivity index (χ1n) is 9.59. The van der Waals surface area contributed by atoms with E-state index in [-0.39, 0.29) is 21.2 Å². The number of nitrogens with zero attached hydrogens (tertiary/aromatic N) is 1. The monoisotopic (exact) mass is 500 g/mol. The van der Waals surface area contributed by atoms with Crippen LogP contribution in [0, 0.1) is 25.2 Å². The molecule has 0 aliphatic rings. The van der Waals surface area contributed by atoms with E-state index in [2.05, 4.69) is 5.32 Å². The molecule has 6 nitrogen and oxygen atoms in total. The molecule has 1 N–H and O–H groups in total. The molecule has 0 aliphatic carbocycles. The van der Waals surface area contributed by atoms with Gasteiger partial charge in [-0.05, 0) is 67.4 Å². The summed E-state index contributed by atoms with van der Waals surface area (Å²) < 4.78 is 30.1. The van der Waals surface area contributed by atoms with Crippen molar-refractivity contribution in [3.8, 4) is 11.8 Å². The Labute approximate surface area is 202 Å². The van der Waals surface area contributed by atoms with E-state index >= 15 is 0 Å². The van der Waals surface area contributed by atoms with Crippen molar-refractivity contribution >= 4 is 51.0 Å². The number of nitriles is 1. The van der Waals surface area contributed by atoms with Gasteiger partial charge in [0.05, 0.1) is 5.02 Å². The Kier molecular flexibility index (Phi) is 7.44. The van der Waals surface area contributed by atoms with Crippen molar-refractivity contribution in [3.05, 3.63) is 93.0 Å². The minimum Gasteiger partial charge on any atom is -0.377 e. The third kappa shape index (κ3) is 6.14. The molecule has 0 aliphatic heterocycles. The highest BCUT2D eigenvalue weighted by atomic mass is 35.5. The van der Waals surface area contributed by atoms with E-state index in [9.17, 15) is 18.5 Å². The summed E-state index contributed by atoms with van der Waals surface area (Å²) in [6, 6.07) is 17.3. The molecule has 168 valence electrons. The average molecular weight is 501 g/mol. The lowest BCUT2D eigenvalue weighted by atomic mass is 10.1. The zero-order valence-corrected chi connectivity index (χ0v) is 19.9. The molecule has 3 aromatic carbocycles. The number of carbonyl (C=O) groups is 1. The fourth-order valence-corrected chi connectivity index (χ4v) is 4.17. The number of rotatable bonds is 6. The fourth-order valence-electron chi connectivity index (χ4n) is 2.78. The van der Waals surface area contributed by atoms with Crippen LogP contribution in [0.5, 0.6) is 5.75 Å². The summed E-state index contributed by atoms with van der Waals surface area (Å²) in [5, 5.41) is 12.5. The third-order valence-corrected chi connectivity index (χ3v) is 6.37. The highest BCUT2D eigenvalue weighted by molar-refractivity contribution is 7.87. The SMILES string of the molecule is Cc1ccc(S(=O)(=O)Oc2ccc(/C=C(\C#N)C(=O)Nc3cc(Cl)ccc3C)cc2Cl)cc1. The first-order chi connectivity index (χ1) is 15.6. The van der Waals surface area contributed by atoms with E-state index in [0.29, 0.717) is 16.3 Å². The summed E-state index contributed by atoms with van der Waals surface area (Å²) in [4.78, 5) is 12.5. The van der Waals surface area contributed by atoms with Gasteiger partial charge in [-0.3, -0.25) is 4.79 Å². The normalized spacial score (nSPS) is 11.5. The maximum Gasteiger partial charge on any atom is 0.339 e. The molecule has 33 heavy (non-hydrogen) atoms. The van der Waals surface area contributed by atoms with E-state index in [1.165, 1.54) is 36.4 Å². The lowest BCUT2D eigenvalue weighted by Crippen LogP contribution is -2.14. The van der Waals surface area contributed by atoms with Crippen molar-refractivity contribution in [2.45, 2.75) is 18.7 Å². The lowest BCUT2D eigenvalue weighted by molar-refractivity contribution is -0.112. The Hall–Kier alpha value is -3.31. The third-order valence-electron chi connectivity index (χ3n) is 4.59. The second-order valence-corrected chi connectivity index (χ2v) is 9.51. The van der Waals surface area contributed by atoms with Crippen LogP contribution in [0.4, 0.5) is 5.69 Å². The van der Waals surface area contributed by atoms with E-state index in [1.807, 2.05) is 13.0 Å². The van der Waals surface area contributed by atoms with E-state index in [1.54, 1.807) is 37.3 Å². The molecule has 0 unspecified atom stereocenters. The first kappa shape index (κ1) is 24.3. The molecule has 3 rings (SSSR count). The molecular formula is C24H18Cl2N2O4S. The van der Waals surface area contributed by atoms with Gasteiger partial charge in [-0.25, -0.2) is 0 Å². The molecule has 3 aromatic rings. The molecule has 0 radical (unpaired) electrons. The minimum atomic E-state index is -4.08. The molecule has 1 amide bonds. The molecule has 0 heterocycles. The van der Waals surface area contributed by atoms with Gasteiger partial charge in [0.2, 0.25) is 0 Å². The number of benzene rings is 3. The van der Waals surface area contributed by atoms with Gasteiger partial charge in [0.25, 0.3) is 5.91 Å². The summed E-state index contributed by atoms with van der Waals surface area (Å²) in [5.74, 6) is -0.701. The number of hydrogen-bond donors (Lipinski definition) is 1. The molecule has 0 saturated heterocycles. The summed E-state index contributed by atoms with van der Waals surface area (Å²) in [5.41, 5.74) is 2.41. The van der Waals surface area contributed by atoms with Gasteiger partial charge in [0.15, 0.2) is 5.75 Å². The van der Waals surface area contributed by atoms with Crippen LogP contribution in [-0.4, -0.2) is 14.3 Å². The highest BCUT2D eigenvalue weighted by Gasteiger charge is 2.18. The van der Waals surface area contributed by atoms with Crippen molar-refractivity contribution in [1.82, 2.24) is 0 Å². The van der Waals surface area contributed by atoms with Crippen molar-refractivity contribution in [3.63, 3.8) is 0 Å². The van der Waals surface area contributed by atoms with Crippen LogP contribution in [-0.2, 0) is 14.9 Å². The Balaban J connectivity index is 1.81. The molecule has 0 bridgehead atoms. The van der Waals surface area contributed by atoms with E-state index < -0.39 is 16.0 Å². The summed E-state index contributed by atoms with van der Waals surface area (Å²) in [6.45, 7) is 3.64. The van der Waals surface area contributed by atoms with Crippen LogP contribution >= 0.6 is 23.2 Å². The lowest BCUT2D eigenvalue weighted by Gasteiger charge is -2.10. The molecule has 0 saturated carbocycles. The van der Waals surface area contributed by atoms with Crippen LogP contribution < -0.4 is 9.50 Å². The largest absolute Gasteiger partial charge is 0.377 e. The molecule has 9 heteroatoms. The second kappa shape index (κ2) is 10.1. The smallest absolute Gasteiger partial charge is 0.339 e. The molecule has 0 fully saturated rings. The van der Waals surface area contributed by atoms with Gasteiger partial charge < -0.3 is 9.50 Å². The van der Waals surface area contributed by atoms with Crippen LogP contribution in [0.25, 0.3) is 6.08 Å². The van der Waals surface area contributed by atoms with Crippen LogP contribution in [0.15, 0.2) is 71.1 Å². The van der Waals surface area contributed by atoms with Gasteiger partial charge >= 0.3 is 10.1 Å². The maximum atomic E-state index is 12.5. The number of carbonyl (C=O) groups excluding carboxylic acids is 1. The van der Waals surface area contributed by atoms with Gasteiger partial charge in [-0.15, -0.1) is 0 Å². The quantitative estimate of drug-likeness (QED) is 0.257. The Morgan fingerprint density at radius 2 is 1.73 bits per heavy atom. The van der Waals surface area contributed by atoms with Crippen molar-refractivity contribution in [1.29, 1.82) is 5.26 Å². The first-order valence-corrected chi connectivity index (χ1v) is 11.8. The maximum absolute atomic E-state index is 12.5. The Morgan fingerprint density at radius 1 is 1.03 bits per heavy atom. The molecule has 0 aromatic heterocycles. The molecular weight excluding hydrogens is 483 g/mol. The van der Waals surface area contributed by atoms with Crippen molar-refractivity contribution in [2.24, 2.45) is 0 Å². The van der Waals surface area contributed by atoms with Gasteiger partial charge in [-0.2, -0.15) is 13.7 Å². The topological polar surface area (TPSA) is 96.3 Å². The fraction of sp³-hybridized carbons (Fsp3) is 0.0833. The number of amides is 1. The zero-order valence-electron chi connectivity index (χ0n) is 17.6. The van der Waals surface area contributed by atoms with Crippen LogP contribution in [0.1, 0.15) is 16.7 Å². The van der Waals surface area contributed by atoms with Gasteiger partial charge in [0.1, 0.15) is 16.5 Å². The van der Waals surface area contributed by atoms with Gasteiger partial charge in [0, 0.05) is 10.7 Å². The summed E-state index contributed by atoms with van der Waals surface area (Å²) in [6.07, 6.45) is 1.33. The van der Waals surface area contributed by atoms with Crippen molar-refractivity contribution in [2.75, 3.05) is 5.32 Å². The zero-order chi connectivity index (χ0) is 24.2. The standard InChI is InChI=1S/C24H18Cl2N2O4S/c1-15-3-8-20(9-4-15)33(30,31)32-23-10-6-17(12-21(23)26)11-18(14-27)24(29)28-22-13-19(25)7-5-16(22)2/h3-13H,1-2H3,(H,28,29)/b18-11+. The second-order valence-electron chi connectivity index (χ2n) is 7.12. The number of aryl methyl sites for hydroxylation is 2. The highest BCUT2D eigenvalue weighted by Crippen LogP contribution is 2.29. The summed E-state index contributed by atoms with van der Waals surface area (Å²) in [7, 11) is -4.08. The van der Waals surface area contributed by atoms with Crippen LogP contribution in [0.2, 0.25) is 10.0 Å². The Bertz CT molecular complexity index is 1390. The van der Waals surface area contributed by atoms with Crippen LogP contribution in [0.3, 0.4) is 0 Å².